The number of ether oxygens (including phenoxy) is 1. The summed E-state index contributed by atoms with van der Waals surface area (Å²) < 4.78 is 5.27. The van der Waals surface area contributed by atoms with Crippen LogP contribution in [-0.2, 0) is 11.3 Å². The van der Waals surface area contributed by atoms with Gasteiger partial charge in [-0.15, -0.1) is 0 Å². The zero-order chi connectivity index (χ0) is 17.4. The molecule has 2 aromatic rings. The maximum absolute atomic E-state index is 12.2. The summed E-state index contributed by atoms with van der Waals surface area (Å²) in [5.41, 5.74) is 1.20. The van der Waals surface area contributed by atoms with Crippen molar-refractivity contribution in [3.63, 3.8) is 0 Å². The van der Waals surface area contributed by atoms with Gasteiger partial charge >= 0.3 is 0 Å². The lowest BCUT2D eigenvalue weighted by Crippen LogP contribution is -2.34. The Balaban J connectivity index is 1.55. The normalized spacial score (nSPS) is 26.0. The Kier molecular flexibility index (Phi) is 4.21. The van der Waals surface area contributed by atoms with Crippen molar-refractivity contribution in [2.45, 2.75) is 19.5 Å². The van der Waals surface area contributed by atoms with Crippen LogP contribution in [0.5, 0.6) is 5.75 Å². The van der Waals surface area contributed by atoms with Crippen LogP contribution in [0.25, 0.3) is 0 Å². The highest BCUT2D eigenvalue weighted by Gasteiger charge is 2.48. The average molecular weight is 340 g/mol. The molecule has 0 spiro atoms. The van der Waals surface area contributed by atoms with Crippen LogP contribution >= 0.6 is 0 Å². The van der Waals surface area contributed by atoms with E-state index in [2.05, 4.69) is 27.0 Å². The molecule has 2 aliphatic rings. The minimum Gasteiger partial charge on any atom is -0.497 e. The Labute approximate surface area is 147 Å². The fourth-order valence-corrected chi connectivity index (χ4v) is 4.41. The van der Waals surface area contributed by atoms with Gasteiger partial charge in [-0.3, -0.25) is 9.69 Å². The third-order valence-electron chi connectivity index (χ3n) is 5.53. The Hall–Kier alpha value is -2.34. The van der Waals surface area contributed by atoms with Gasteiger partial charge in [0, 0.05) is 44.9 Å². The Morgan fingerprint density at radius 2 is 2.08 bits per heavy atom. The first kappa shape index (κ1) is 16.1. The summed E-state index contributed by atoms with van der Waals surface area (Å²) in [4.78, 5) is 24.2. The molecule has 3 heterocycles. The van der Waals surface area contributed by atoms with Crippen molar-refractivity contribution in [3.8, 4) is 5.75 Å². The summed E-state index contributed by atoms with van der Waals surface area (Å²) in [5, 5.41) is 0. The molecule has 0 bridgehead atoms. The van der Waals surface area contributed by atoms with Crippen molar-refractivity contribution < 1.29 is 9.53 Å². The lowest BCUT2D eigenvalue weighted by Gasteiger charge is -2.29. The number of amides is 1. The number of carbonyl (C=O) groups excluding carboxylic acids is 1. The van der Waals surface area contributed by atoms with Crippen LogP contribution in [0.3, 0.4) is 0 Å². The number of methoxy groups -OCH3 is 1. The maximum Gasteiger partial charge on any atom is 0.219 e. The third kappa shape index (κ3) is 3.02. The van der Waals surface area contributed by atoms with Gasteiger partial charge in [-0.25, -0.2) is 4.98 Å². The first-order valence-electron chi connectivity index (χ1n) is 8.77. The molecule has 6 nitrogen and oxygen atoms in total. The molecule has 1 N–H and O–H groups in total. The third-order valence-corrected chi connectivity index (χ3v) is 5.53. The monoisotopic (exact) mass is 340 g/mol. The second-order valence-electron chi connectivity index (χ2n) is 7.04. The molecular formula is C19H24N4O2. The number of nitrogens with one attached hydrogen (secondary N) is 1. The molecular weight excluding hydrogens is 316 g/mol. The second-order valence-corrected chi connectivity index (χ2v) is 7.04. The molecule has 2 aliphatic heterocycles. The predicted octanol–water partition coefficient (Wildman–Crippen LogP) is 2.07. The lowest BCUT2D eigenvalue weighted by molar-refractivity contribution is -0.130. The van der Waals surface area contributed by atoms with Crippen LogP contribution < -0.4 is 4.74 Å². The van der Waals surface area contributed by atoms with E-state index in [1.54, 1.807) is 20.2 Å². The van der Waals surface area contributed by atoms with E-state index in [-0.39, 0.29) is 11.9 Å². The maximum atomic E-state index is 12.2. The molecule has 132 valence electrons. The molecule has 6 heteroatoms. The topological polar surface area (TPSA) is 61.5 Å². The number of likely N-dealkylation sites (tertiary alicyclic amines) is 2. The van der Waals surface area contributed by atoms with E-state index in [9.17, 15) is 4.79 Å². The van der Waals surface area contributed by atoms with Crippen molar-refractivity contribution in [3.05, 3.63) is 48.0 Å². The summed E-state index contributed by atoms with van der Waals surface area (Å²) in [6, 6.07) is 8.30. The van der Waals surface area contributed by atoms with Gasteiger partial charge in [-0.1, -0.05) is 12.1 Å². The summed E-state index contributed by atoms with van der Waals surface area (Å²) in [6.07, 6.45) is 3.66. The van der Waals surface area contributed by atoms with Crippen molar-refractivity contribution in [2.24, 2.45) is 11.8 Å². The number of H-pyrrole nitrogens is 1. The average Bonchev–Trinajstić information content (AvgIpc) is 3.31. The van der Waals surface area contributed by atoms with Gasteiger partial charge in [0.25, 0.3) is 0 Å². The van der Waals surface area contributed by atoms with Gasteiger partial charge < -0.3 is 14.6 Å². The first-order chi connectivity index (χ1) is 12.2. The fraction of sp³-hybridized carbons (Fsp3) is 0.474. The van der Waals surface area contributed by atoms with Crippen LogP contribution in [-0.4, -0.2) is 52.4 Å². The molecule has 1 aromatic heterocycles. The molecule has 2 fully saturated rings. The van der Waals surface area contributed by atoms with Gasteiger partial charge in [-0.2, -0.15) is 0 Å². The van der Waals surface area contributed by atoms with Crippen LogP contribution in [0, 0.1) is 11.8 Å². The predicted molar refractivity (Wildman–Crippen MR) is 94.0 cm³/mol. The number of nitrogens with zero attached hydrogens (tertiary/aromatic N) is 3. The number of hydrogen-bond donors (Lipinski definition) is 1. The van der Waals surface area contributed by atoms with E-state index < -0.39 is 0 Å². The highest BCUT2D eigenvalue weighted by atomic mass is 16.5. The molecule has 0 radical (unpaired) electrons. The summed E-state index contributed by atoms with van der Waals surface area (Å²) in [7, 11) is 1.67. The molecule has 2 saturated heterocycles. The molecule has 3 atom stereocenters. The largest absolute Gasteiger partial charge is 0.497 e. The number of rotatable bonds is 4. The van der Waals surface area contributed by atoms with Gasteiger partial charge in [0.2, 0.25) is 5.91 Å². The summed E-state index contributed by atoms with van der Waals surface area (Å²) in [6.45, 7) is 5.37. The quantitative estimate of drug-likeness (QED) is 0.926. The van der Waals surface area contributed by atoms with Crippen LogP contribution in [0.1, 0.15) is 24.4 Å². The van der Waals surface area contributed by atoms with Crippen LogP contribution in [0.2, 0.25) is 0 Å². The van der Waals surface area contributed by atoms with Gasteiger partial charge in [0.05, 0.1) is 19.7 Å². The first-order valence-corrected chi connectivity index (χ1v) is 8.77. The SMILES string of the molecule is COc1ccc([C@H]2[C@@H]3CN(Cc4ncc[nH]4)C[C@@H]3CN2C(C)=O)cc1. The minimum absolute atomic E-state index is 0.148. The molecule has 4 rings (SSSR count). The second kappa shape index (κ2) is 6.52. The molecule has 25 heavy (non-hydrogen) atoms. The standard InChI is InChI=1S/C19H24N4O2/c1-13(24)23-10-15-9-22(12-18-20-7-8-21-18)11-17(15)19(23)14-3-5-16(25-2)6-4-14/h3-8,15,17,19H,9-12H2,1-2H3,(H,20,21)/t15-,17-,19+/m1/s1. The van der Waals surface area contributed by atoms with Crippen molar-refractivity contribution in [1.29, 1.82) is 0 Å². The number of aromatic amines is 1. The van der Waals surface area contributed by atoms with E-state index >= 15 is 0 Å². The van der Waals surface area contributed by atoms with Crippen LogP contribution in [0.15, 0.2) is 36.7 Å². The molecule has 1 amide bonds. The van der Waals surface area contributed by atoms with E-state index in [0.717, 1.165) is 37.8 Å². The number of imidazole rings is 1. The Morgan fingerprint density at radius 3 is 2.72 bits per heavy atom. The lowest BCUT2D eigenvalue weighted by atomic mass is 9.89. The Bertz CT molecular complexity index is 728. The summed E-state index contributed by atoms with van der Waals surface area (Å²) in [5.74, 6) is 2.99. The fourth-order valence-electron chi connectivity index (χ4n) is 4.41. The van der Waals surface area contributed by atoms with Crippen LogP contribution in [0.4, 0.5) is 0 Å². The van der Waals surface area contributed by atoms with Crippen molar-refractivity contribution >= 4 is 5.91 Å². The van der Waals surface area contributed by atoms with E-state index in [1.807, 2.05) is 23.2 Å². The number of aromatic nitrogens is 2. The van der Waals surface area contributed by atoms with Gasteiger partial charge in [-0.05, 0) is 23.6 Å². The molecule has 0 unspecified atom stereocenters. The number of fused-ring (bicyclic) bond motifs is 1. The zero-order valence-electron chi connectivity index (χ0n) is 14.7. The molecule has 0 saturated carbocycles. The number of benzene rings is 1. The highest BCUT2D eigenvalue weighted by molar-refractivity contribution is 5.74. The van der Waals surface area contributed by atoms with Crippen molar-refractivity contribution in [1.82, 2.24) is 19.8 Å². The number of carbonyl (C=O) groups is 1. The molecule has 0 aliphatic carbocycles. The van der Waals surface area contributed by atoms with Gasteiger partial charge in [0.15, 0.2) is 0 Å². The smallest absolute Gasteiger partial charge is 0.219 e. The highest BCUT2D eigenvalue weighted by Crippen LogP contribution is 2.45. The minimum atomic E-state index is 0.148. The van der Waals surface area contributed by atoms with E-state index in [1.165, 1.54) is 5.56 Å². The zero-order valence-corrected chi connectivity index (χ0v) is 14.7. The van der Waals surface area contributed by atoms with Gasteiger partial charge in [0.1, 0.15) is 11.6 Å². The van der Waals surface area contributed by atoms with Crippen molar-refractivity contribution in [2.75, 3.05) is 26.7 Å². The van der Waals surface area contributed by atoms with E-state index in [4.69, 9.17) is 4.74 Å². The Morgan fingerprint density at radius 1 is 1.28 bits per heavy atom. The molecule has 1 aromatic carbocycles. The summed E-state index contributed by atoms with van der Waals surface area (Å²) >= 11 is 0. The number of hydrogen-bond acceptors (Lipinski definition) is 4. The van der Waals surface area contributed by atoms with E-state index in [0.29, 0.717) is 11.8 Å².